The smallest absolute Gasteiger partial charge is 0.342 e. The van der Waals surface area contributed by atoms with E-state index in [1.165, 1.54) is 12.1 Å². The molecule has 114 valence electrons. The molecule has 0 N–H and O–H groups in total. The summed E-state index contributed by atoms with van der Waals surface area (Å²) in [5.74, 6) is -0.0268. The molecule has 0 saturated carbocycles. The van der Waals surface area contributed by atoms with Crippen LogP contribution in [-0.4, -0.2) is 17.5 Å². The number of ether oxygens (including phenoxy) is 2. The molecular formula is C16H15NO5. The first-order chi connectivity index (χ1) is 10.6. The average Bonchev–Trinajstić information content (AvgIpc) is 2.54. The Bertz CT molecular complexity index is 666. The van der Waals surface area contributed by atoms with Gasteiger partial charge in [-0.1, -0.05) is 12.1 Å². The molecule has 0 unspecified atom stereocenters. The lowest BCUT2D eigenvalue weighted by atomic mass is 10.2. The van der Waals surface area contributed by atoms with Crippen LogP contribution in [0.3, 0.4) is 0 Å². The van der Waals surface area contributed by atoms with E-state index >= 15 is 0 Å². The van der Waals surface area contributed by atoms with Crippen molar-refractivity contribution in [1.29, 1.82) is 0 Å². The highest BCUT2D eigenvalue weighted by atomic mass is 16.6. The number of non-ortho nitro benzene ring substituents is 1. The molecule has 0 radical (unpaired) electrons. The monoisotopic (exact) mass is 301 g/mol. The van der Waals surface area contributed by atoms with Gasteiger partial charge in [0.2, 0.25) is 0 Å². The fraction of sp³-hybridized carbons (Fsp3) is 0.188. The summed E-state index contributed by atoms with van der Waals surface area (Å²) in [4.78, 5) is 22.2. The molecule has 0 aliphatic heterocycles. The SMILES string of the molecule is CCOc1ccccc1C(=O)OCc1ccc([N+](=O)[O-])cc1. The lowest BCUT2D eigenvalue weighted by Crippen LogP contribution is -2.08. The van der Waals surface area contributed by atoms with Gasteiger partial charge >= 0.3 is 5.97 Å². The molecule has 0 fully saturated rings. The van der Waals surface area contributed by atoms with Crippen molar-refractivity contribution in [3.63, 3.8) is 0 Å². The molecule has 0 amide bonds. The minimum Gasteiger partial charge on any atom is -0.493 e. The van der Waals surface area contributed by atoms with Gasteiger partial charge in [-0.25, -0.2) is 4.79 Å². The summed E-state index contributed by atoms with van der Waals surface area (Å²) in [6.45, 7) is 2.32. The fourth-order valence-electron chi connectivity index (χ4n) is 1.86. The van der Waals surface area contributed by atoms with Gasteiger partial charge in [0, 0.05) is 12.1 Å². The summed E-state index contributed by atoms with van der Waals surface area (Å²) in [7, 11) is 0. The van der Waals surface area contributed by atoms with E-state index in [9.17, 15) is 14.9 Å². The van der Waals surface area contributed by atoms with Crippen LogP contribution in [0.5, 0.6) is 5.75 Å². The van der Waals surface area contributed by atoms with Crippen molar-refractivity contribution in [2.75, 3.05) is 6.61 Å². The Hall–Kier alpha value is -2.89. The van der Waals surface area contributed by atoms with E-state index in [0.717, 1.165) is 0 Å². The number of nitro groups is 1. The zero-order valence-corrected chi connectivity index (χ0v) is 12.0. The molecular weight excluding hydrogens is 286 g/mol. The van der Waals surface area contributed by atoms with Gasteiger partial charge in [-0.05, 0) is 36.8 Å². The van der Waals surface area contributed by atoms with E-state index in [-0.39, 0.29) is 12.3 Å². The van der Waals surface area contributed by atoms with Crippen LogP contribution in [-0.2, 0) is 11.3 Å². The lowest BCUT2D eigenvalue weighted by Gasteiger charge is -2.09. The van der Waals surface area contributed by atoms with E-state index in [4.69, 9.17) is 9.47 Å². The van der Waals surface area contributed by atoms with Gasteiger partial charge in [0.1, 0.15) is 17.9 Å². The van der Waals surface area contributed by atoms with Crippen molar-refractivity contribution in [2.45, 2.75) is 13.5 Å². The topological polar surface area (TPSA) is 78.7 Å². The predicted octanol–water partition coefficient (Wildman–Crippen LogP) is 3.35. The van der Waals surface area contributed by atoms with Crippen LogP contribution in [0, 0.1) is 10.1 Å². The third-order valence-electron chi connectivity index (χ3n) is 2.92. The van der Waals surface area contributed by atoms with Gasteiger partial charge in [-0.3, -0.25) is 10.1 Å². The number of rotatable bonds is 6. The highest BCUT2D eigenvalue weighted by molar-refractivity contribution is 5.92. The van der Waals surface area contributed by atoms with Crippen LogP contribution in [0.2, 0.25) is 0 Å². The van der Waals surface area contributed by atoms with E-state index in [0.29, 0.717) is 23.5 Å². The van der Waals surface area contributed by atoms with E-state index in [1.54, 1.807) is 36.4 Å². The second-order valence-electron chi connectivity index (χ2n) is 4.43. The van der Waals surface area contributed by atoms with Crippen molar-refractivity contribution < 1.29 is 19.2 Å². The molecule has 0 heterocycles. The first-order valence-electron chi connectivity index (χ1n) is 6.74. The molecule has 22 heavy (non-hydrogen) atoms. The zero-order valence-electron chi connectivity index (χ0n) is 12.0. The zero-order chi connectivity index (χ0) is 15.9. The minimum absolute atomic E-state index is 0.00299. The van der Waals surface area contributed by atoms with Crippen LogP contribution >= 0.6 is 0 Å². The number of nitro benzene ring substituents is 1. The summed E-state index contributed by atoms with van der Waals surface area (Å²) < 4.78 is 10.6. The summed E-state index contributed by atoms with van der Waals surface area (Å²) in [5.41, 5.74) is 1.02. The van der Waals surface area contributed by atoms with Crippen LogP contribution in [0.25, 0.3) is 0 Å². The number of hydrogen-bond donors (Lipinski definition) is 0. The van der Waals surface area contributed by atoms with Crippen LogP contribution in [0.15, 0.2) is 48.5 Å². The van der Waals surface area contributed by atoms with Gasteiger partial charge in [0.25, 0.3) is 5.69 Å². The molecule has 0 aliphatic rings. The Kier molecular flexibility index (Phi) is 5.08. The second kappa shape index (κ2) is 7.21. The Morgan fingerprint density at radius 2 is 1.82 bits per heavy atom. The maximum absolute atomic E-state index is 12.1. The normalized spacial score (nSPS) is 10.0. The highest BCUT2D eigenvalue weighted by Gasteiger charge is 2.13. The van der Waals surface area contributed by atoms with Crippen LogP contribution in [0.1, 0.15) is 22.8 Å². The number of carbonyl (C=O) groups excluding carboxylic acids is 1. The summed E-state index contributed by atoms with van der Waals surface area (Å²) >= 11 is 0. The first kappa shape index (κ1) is 15.5. The van der Waals surface area contributed by atoms with Gasteiger partial charge in [-0.2, -0.15) is 0 Å². The number of esters is 1. The molecule has 2 aromatic rings. The summed E-state index contributed by atoms with van der Waals surface area (Å²) in [6.07, 6.45) is 0. The maximum Gasteiger partial charge on any atom is 0.342 e. The highest BCUT2D eigenvalue weighted by Crippen LogP contribution is 2.20. The predicted molar refractivity (Wildman–Crippen MR) is 79.8 cm³/mol. The third kappa shape index (κ3) is 3.82. The van der Waals surface area contributed by atoms with E-state index in [2.05, 4.69) is 0 Å². The molecule has 0 bridgehead atoms. The maximum atomic E-state index is 12.1. The van der Waals surface area contributed by atoms with Crippen LogP contribution < -0.4 is 4.74 Å². The summed E-state index contributed by atoms with van der Waals surface area (Å²) in [6, 6.07) is 12.7. The molecule has 2 aromatic carbocycles. The molecule has 0 aliphatic carbocycles. The molecule has 0 spiro atoms. The van der Waals surface area contributed by atoms with Crippen LogP contribution in [0.4, 0.5) is 5.69 Å². The van der Waals surface area contributed by atoms with Gasteiger partial charge in [-0.15, -0.1) is 0 Å². The lowest BCUT2D eigenvalue weighted by molar-refractivity contribution is -0.384. The van der Waals surface area contributed by atoms with Gasteiger partial charge in [0.05, 0.1) is 11.5 Å². The molecule has 2 rings (SSSR count). The quantitative estimate of drug-likeness (QED) is 0.464. The molecule has 0 atom stereocenters. The van der Waals surface area contributed by atoms with Crippen molar-refractivity contribution in [3.05, 3.63) is 69.8 Å². The van der Waals surface area contributed by atoms with Crippen molar-refractivity contribution >= 4 is 11.7 Å². The number of hydrogen-bond acceptors (Lipinski definition) is 5. The fourth-order valence-corrected chi connectivity index (χ4v) is 1.86. The molecule has 6 heteroatoms. The van der Waals surface area contributed by atoms with E-state index < -0.39 is 10.9 Å². The Morgan fingerprint density at radius 3 is 2.45 bits per heavy atom. The second-order valence-corrected chi connectivity index (χ2v) is 4.43. The Morgan fingerprint density at radius 1 is 1.14 bits per heavy atom. The van der Waals surface area contributed by atoms with Gasteiger partial charge in [0.15, 0.2) is 0 Å². The van der Waals surface area contributed by atoms with Crippen molar-refractivity contribution in [1.82, 2.24) is 0 Å². The molecule has 6 nitrogen and oxygen atoms in total. The largest absolute Gasteiger partial charge is 0.493 e. The Balaban J connectivity index is 2.02. The number of benzene rings is 2. The van der Waals surface area contributed by atoms with Crippen molar-refractivity contribution in [2.24, 2.45) is 0 Å². The Labute approximate surface area is 127 Å². The van der Waals surface area contributed by atoms with Gasteiger partial charge < -0.3 is 9.47 Å². The third-order valence-corrected chi connectivity index (χ3v) is 2.92. The number of para-hydroxylation sites is 1. The molecule has 0 saturated heterocycles. The number of carbonyl (C=O) groups is 1. The minimum atomic E-state index is -0.498. The number of nitrogens with zero attached hydrogens (tertiary/aromatic N) is 1. The average molecular weight is 301 g/mol. The molecule has 0 aromatic heterocycles. The van der Waals surface area contributed by atoms with E-state index in [1.807, 2.05) is 6.92 Å². The summed E-state index contributed by atoms with van der Waals surface area (Å²) in [5, 5.41) is 10.6. The first-order valence-corrected chi connectivity index (χ1v) is 6.74. The standard InChI is InChI=1S/C16H15NO5/c1-2-21-15-6-4-3-5-14(15)16(18)22-11-12-7-9-13(10-8-12)17(19)20/h3-10H,2,11H2,1H3. The van der Waals surface area contributed by atoms with Crippen molar-refractivity contribution in [3.8, 4) is 5.75 Å².